The molecule has 1 aromatic heterocycles. The first-order valence-corrected chi connectivity index (χ1v) is 11.6. The number of benzene rings is 2. The van der Waals surface area contributed by atoms with E-state index in [9.17, 15) is 14.4 Å². The van der Waals surface area contributed by atoms with E-state index < -0.39 is 6.04 Å². The van der Waals surface area contributed by atoms with Gasteiger partial charge in [0.2, 0.25) is 5.91 Å². The molecule has 0 spiro atoms. The summed E-state index contributed by atoms with van der Waals surface area (Å²) in [7, 11) is 0. The van der Waals surface area contributed by atoms with E-state index in [2.05, 4.69) is 14.8 Å². The maximum atomic E-state index is 13.1. The molecular formula is C26H23ClN4O3. The second-order valence-corrected chi connectivity index (χ2v) is 8.84. The van der Waals surface area contributed by atoms with Crippen molar-refractivity contribution in [1.29, 1.82) is 0 Å². The third kappa shape index (κ3) is 4.32. The number of anilines is 2. The molecule has 2 amide bonds. The number of piperazine rings is 1. The molecule has 7 nitrogen and oxygen atoms in total. The molecule has 2 saturated heterocycles. The quantitative estimate of drug-likeness (QED) is 0.416. The highest BCUT2D eigenvalue weighted by Crippen LogP contribution is 2.29. The van der Waals surface area contributed by atoms with Crippen LogP contribution in [0.1, 0.15) is 22.3 Å². The highest BCUT2D eigenvalue weighted by Gasteiger charge is 2.43. The van der Waals surface area contributed by atoms with E-state index in [-0.39, 0.29) is 24.0 Å². The highest BCUT2D eigenvalue weighted by molar-refractivity contribution is 6.31. The number of carbonyl (C=O) groups is 3. The number of ketones is 1. The second kappa shape index (κ2) is 9.37. The normalized spacial score (nSPS) is 19.0. The molecule has 0 saturated carbocycles. The Hall–Kier alpha value is -3.55. The molecular weight excluding hydrogens is 452 g/mol. The van der Waals surface area contributed by atoms with Gasteiger partial charge in [-0.05, 0) is 54.6 Å². The van der Waals surface area contributed by atoms with Crippen LogP contribution in [0.15, 0.2) is 73.1 Å². The fourth-order valence-corrected chi connectivity index (χ4v) is 4.76. The molecule has 8 heteroatoms. The summed E-state index contributed by atoms with van der Waals surface area (Å²) in [6.07, 6.45) is 3.40. The van der Waals surface area contributed by atoms with Crippen molar-refractivity contribution in [3.05, 3.63) is 89.2 Å². The molecule has 0 radical (unpaired) electrons. The van der Waals surface area contributed by atoms with Crippen LogP contribution in [0.25, 0.3) is 0 Å². The summed E-state index contributed by atoms with van der Waals surface area (Å²) in [6, 6.07) is 17.4. The number of carbonyl (C=O) groups excluding carboxylic acids is 3. The Morgan fingerprint density at radius 3 is 2.21 bits per heavy atom. The molecule has 0 N–H and O–H groups in total. The first-order valence-electron chi connectivity index (χ1n) is 11.2. The first-order chi connectivity index (χ1) is 16.5. The van der Waals surface area contributed by atoms with Crippen molar-refractivity contribution in [2.45, 2.75) is 12.5 Å². The summed E-state index contributed by atoms with van der Waals surface area (Å²) in [6.45, 7) is 2.80. The SMILES string of the molecule is O=C(c1ccncc1)c1ccc(N2CCN(C3CC(=O)N(c4cccc(Cl)c4)C3=O)CC2)cc1. The Balaban J connectivity index is 1.22. The van der Waals surface area contributed by atoms with E-state index in [1.54, 1.807) is 48.8 Å². The van der Waals surface area contributed by atoms with Crippen LogP contribution in [0, 0.1) is 0 Å². The van der Waals surface area contributed by atoms with Gasteiger partial charge in [-0.3, -0.25) is 24.3 Å². The average Bonchev–Trinajstić information content (AvgIpc) is 3.18. The topological polar surface area (TPSA) is 73.8 Å². The Morgan fingerprint density at radius 2 is 1.53 bits per heavy atom. The van der Waals surface area contributed by atoms with Crippen LogP contribution in [0.2, 0.25) is 5.02 Å². The van der Waals surface area contributed by atoms with Crippen LogP contribution in [0.4, 0.5) is 11.4 Å². The van der Waals surface area contributed by atoms with E-state index in [1.807, 2.05) is 24.3 Å². The van der Waals surface area contributed by atoms with E-state index in [4.69, 9.17) is 11.6 Å². The van der Waals surface area contributed by atoms with Gasteiger partial charge in [0.1, 0.15) is 0 Å². The molecule has 2 aromatic carbocycles. The van der Waals surface area contributed by atoms with Crippen molar-refractivity contribution in [2.75, 3.05) is 36.0 Å². The number of aromatic nitrogens is 1. The smallest absolute Gasteiger partial charge is 0.251 e. The lowest BCUT2D eigenvalue weighted by molar-refractivity contribution is -0.123. The second-order valence-electron chi connectivity index (χ2n) is 8.40. The van der Waals surface area contributed by atoms with E-state index in [0.29, 0.717) is 34.9 Å². The van der Waals surface area contributed by atoms with Crippen LogP contribution in [0.3, 0.4) is 0 Å². The third-order valence-electron chi connectivity index (χ3n) is 6.38. The number of hydrogen-bond acceptors (Lipinski definition) is 6. The van der Waals surface area contributed by atoms with Gasteiger partial charge in [-0.15, -0.1) is 0 Å². The molecule has 3 heterocycles. The molecule has 0 bridgehead atoms. The van der Waals surface area contributed by atoms with Crippen molar-refractivity contribution < 1.29 is 14.4 Å². The van der Waals surface area contributed by atoms with Gasteiger partial charge in [0.15, 0.2) is 5.78 Å². The summed E-state index contributed by atoms with van der Waals surface area (Å²) in [5, 5.41) is 0.489. The van der Waals surface area contributed by atoms with Crippen molar-refractivity contribution in [1.82, 2.24) is 9.88 Å². The molecule has 5 rings (SSSR count). The zero-order chi connectivity index (χ0) is 23.7. The number of rotatable bonds is 5. The molecule has 3 aromatic rings. The van der Waals surface area contributed by atoms with Crippen LogP contribution in [-0.2, 0) is 9.59 Å². The predicted molar refractivity (Wildman–Crippen MR) is 130 cm³/mol. The number of imide groups is 1. The molecule has 1 unspecified atom stereocenters. The van der Waals surface area contributed by atoms with Gasteiger partial charge >= 0.3 is 0 Å². The first kappa shape index (κ1) is 22.3. The highest BCUT2D eigenvalue weighted by atomic mass is 35.5. The van der Waals surface area contributed by atoms with E-state index in [0.717, 1.165) is 18.8 Å². The zero-order valence-electron chi connectivity index (χ0n) is 18.4. The maximum Gasteiger partial charge on any atom is 0.251 e. The maximum absolute atomic E-state index is 13.1. The summed E-state index contributed by atoms with van der Waals surface area (Å²) in [5.74, 6) is -0.429. The lowest BCUT2D eigenvalue weighted by atomic mass is 10.0. The van der Waals surface area contributed by atoms with Gasteiger partial charge in [0, 0.05) is 60.4 Å². The molecule has 172 valence electrons. The zero-order valence-corrected chi connectivity index (χ0v) is 19.2. The van der Waals surface area contributed by atoms with Crippen LogP contribution in [-0.4, -0.2) is 59.7 Å². The number of nitrogens with zero attached hydrogens (tertiary/aromatic N) is 4. The van der Waals surface area contributed by atoms with Crippen molar-refractivity contribution in [2.24, 2.45) is 0 Å². The Kier molecular flexibility index (Phi) is 6.13. The predicted octanol–water partition coefficient (Wildman–Crippen LogP) is 3.42. The number of hydrogen-bond donors (Lipinski definition) is 0. The van der Waals surface area contributed by atoms with Crippen molar-refractivity contribution in [3.63, 3.8) is 0 Å². The minimum absolute atomic E-state index is 0.0348. The summed E-state index contributed by atoms with van der Waals surface area (Å²) < 4.78 is 0. The van der Waals surface area contributed by atoms with Crippen molar-refractivity contribution in [3.8, 4) is 0 Å². The Labute approximate surface area is 202 Å². The molecule has 2 aliphatic heterocycles. The monoisotopic (exact) mass is 474 g/mol. The molecule has 2 aliphatic rings. The molecule has 1 atom stereocenters. The van der Waals surface area contributed by atoms with Crippen LogP contribution >= 0.6 is 11.6 Å². The molecule has 34 heavy (non-hydrogen) atoms. The number of pyridine rings is 1. The molecule has 2 fully saturated rings. The van der Waals surface area contributed by atoms with Crippen LogP contribution < -0.4 is 9.80 Å². The lowest BCUT2D eigenvalue weighted by Crippen LogP contribution is -2.52. The Bertz CT molecular complexity index is 1220. The number of halogens is 1. The van der Waals surface area contributed by atoms with Gasteiger partial charge in [-0.25, -0.2) is 4.90 Å². The lowest BCUT2D eigenvalue weighted by Gasteiger charge is -2.38. The van der Waals surface area contributed by atoms with Crippen LogP contribution in [0.5, 0.6) is 0 Å². The fraction of sp³-hybridized carbons (Fsp3) is 0.231. The van der Waals surface area contributed by atoms with Gasteiger partial charge in [-0.2, -0.15) is 0 Å². The summed E-state index contributed by atoms with van der Waals surface area (Å²) in [5.41, 5.74) is 2.79. The minimum atomic E-state index is -0.450. The third-order valence-corrected chi connectivity index (χ3v) is 6.62. The molecule has 0 aliphatic carbocycles. The standard InChI is InChI=1S/C26H23ClN4O3/c27-20-2-1-3-22(16-20)31-24(32)17-23(26(31)34)30-14-12-29(13-15-30)21-6-4-18(5-7-21)25(33)19-8-10-28-11-9-19/h1-11,16,23H,12-15,17H2. The van der Waals surface area contributed by atoms with Crippen molar-refractivity contribution >= 4 is 40.6 Å². The largest absolute Gasteiger partial charge is 0.369 e. The van der Waals surface area contributed by atoms with Gasteiger partial charge in [0.05, 0.1) is 18.2 Å². The van der Waals surface area contributed by atoms with E-state index >= 15 is 0 Å². The van der Waals surface area contributed by atoms with Gasteiger partial charge in [0.25, 0.3) is 5.91 Å². The van der Waals surface area contributed by atoms with Gasteiger partial charge < -0.3 is 4.90 Å². The minimum Gasteiger partial charge on any atom is -0.369 e. The number of amides is 2. The fourth-order valence-electron chi connectivity index (χ4n) is 4.57. The Morgan fingerprint density at radius 1 is 0.853 bits per heavy atom. The summed E-state index contributed by atoms with van der Waals surface area (Å²) in [4.78, 5) is 47.8. The average molecular weight is 475 g/mol. The van der Waals surface area contributed by atoms with E-state index in [1.165, 1.54) is 4.90 Å². The summed E-state index contributed by atoms with van der Waals surface area (Å²) >= 11 is 6.05. The van der Waals surface area contributed by atoms with Gasteiger partial charge in [-0.1, -0.05) is 17.7 Å².